The number of amides is 2. The van der Waals surface area contributed by atoms with Crippen molar-refractivity contribution in [3.8, 4) is 0 Å². The number of sulfonamides is 1. The van der Waals surface area contributed by atoms with Crippen molar-refractivity contribution >= 4 is 16.1 Å². The van der Waals surface area contributed by atoms with E-state index in [2.05, 4.69) is 12.3 Å². The summed E-state index contributed by atoms with van der Waals surface area (Å²) in [6.07, 6.45) is 1.03. The molecule has 0 heterocycles. The fourth-order valence-electron chi connectivity index (χ4n) is 0.357. The van der Waals surface area contributed by atoms with Crippen LogP contribution in [-0.2, 0) is 10.0 Å². The summed E-state index contributed by atoms with van der Waals surface area (Å²) in [4.78, 5) is 10.1. The Bertz CT molecular complexity index is 257. The van der Waals surface area contributed by atoms with Crippen LogP contribution < -0.4 is 5.73 Å². The Labute approximate surface area is 63.9 Å². The third kappa shape index (κ3) is 2.56. The molecule has 0 aliphatic heterocycles. The van der Waals surface area contributed by atoms with Gasteiger partial charge in [0.05, 0.1) is 5.75 Å². The van der Waals surface area contributed by atoms with Crippen molar-refractivity contribution in [2.75, 3.05) is 5.75 Å². The largest absolute Gasteiger partial charge is 0.353 e. The molecule has 0 aliphatic carbocycles. The fraction of sp³-hybridized carbons (Fsp3) is 0.250. The summed E-state index contributed by atoms with van der Waals surface area (Å²) < 4.78 is 20.8. The smallest absolute Gasteiger partial charge is 0.349 e. The van der Waals surface area contributed by atoms with Gasteiger partial charge in [0.2, 0.25) is 0 Å². The number of primary amides is 1. The number of carbonyl (C=O) groups excluding carboxylic acids is 1. The Morgan fingerprint density at radius 3 is 2.45 bits per heavy atom. The third-order valence-electron chi connectivity index (χ3n) is 0.780. The summed E-state index contributed by atoms with van der Waals surface area (Å²) in [5.41, 5.74) is 4.48. The molecule has 0 unspecified atom stereocenters. The average molecular weight is 180 g/mol. The first kappa shape index (κ1) is 9.92. The molecular weight excluding hydrogens is 172 g/mol. The minimum absolute atomic E-state index is 0.519. The molecule has 0 fully saturated rings. The second kappa shape index (κ2) is 3.35. The standard InChI is InChI=1S/C4H8N2O4S/c1-2-3-11(9,10)6(8)4(5)7/h2,8H,1,3H2,(H2,5,7). The molecular formula is C4H8N2O4S. The lowest BCUT2D eigenvalue weighted by molar-refractivity contribution is 0.0461. The van der Waals surface area contributed by atoms with E-state index in [4.69, 9.17) is 5.21 Å². The van der Waals surface area contributed by atoms with E-state index in [9.17, 15) is 13.2 Å². The number of hydrogen-bond donors (Lipinski definition) is 2. The minimum atomic E-state index is -4.01. The van der Waals surface area contributed by atoms with Gasteiger partial charge in [-0.1, -0.05) is 10.5 Å². The van der Waals surface area contributed by atoms with E-state index in [1.807, 2.05) is 0 Å². The van der Waals surface area contributed by atoms with Crippen molar-refractivity contribution in [1.29, 1.82) is 0 Å². The van der Waals surface area contributed by atoms with Gasteiger partial charge in [-0.25, -0.2) is 13.2 Å². The van der Waals surface area contributed by atoms with Crippen molar-refractivity contribution in [2.45, 2.75) is 0 Å². The number of nitrogens with two attached hydrogens (primary N) is 1. The topological polar surface area (TPSA) is 101 Å². The van der Waals surface area contributed by atoms with E-state index >= 15 is 0 Å². The van der Waals surface area contributed by atoms with Gasteiger partial charge in [0.25, 0.3) is 10.0 Å². The minimum Gasteiger partial charge on any atom is -0.349 e. The van der Waals surface area contributed by atoms with E-state index in [1.165, 1.54) is 0 Å². The maximum Gasteiger partial charge on any atom is 0.353 e. The van der Waals surface area contributed by atoms with Crippen LogP contribution in [0.15, 0.2) is 12.7 Å². The van der Waals surface area contributed by atoms with Crippen molar-refractivity contribution in [2.24, 2.45) is 5.73 Å². The second-order valence-electron chi connectivity index (χ2n) is 1.65. The first-order valence-corrected chi connectivity index (χ1v) is 4.15. The molecule has 0 spiro atoms. The van der Waals surface area contributed by atoms with E-state index in [1.54, 1.807) is 0 Å². The lowest BCUT2D eigenvalue weighted by atomic mass is 10.8. The molecule has 0 radical (unpaired) electrons. The van der Waals surface area contributed by atoms with Crippen LogP contribution >= 0.6 is 0 Å². The highest BCUT2D eigenvalue weighted by Crippen LogP contribution is 1.96. The maximum absolute atomic E-state index is 10.7. The molecule has 7 heteroatoms. The van der Waals surface area contributed by atoms with Crippen LogP contribution in [0.1, 0.15) is 0 Å². The summed E-state index contributed by atoms with van der Waals surface area (Å²) in [6, 6.07) is -1.44. The summed E-state index contributed by atoms with van der Waals surface area (Å²) in [5, 5.41) is 8.51. The number of hydroxylamine groups is 1. The molecule has 0 bridgehead atoms. The Kier molecular flexibility index (Phi) is 3.02. The summed E-state index contributed by atoms with van der Waals surface area (Å²) in [5.74, 6) is -0.535. The quantitative estimate of drug-likeness (QED) is 0.339. The number of nitrogens with zero attached hydrogens (tertiary/aromatic N) is 1. The van der Waals surface area contributed by atoms with Crippen molar-refractivity contribution in [1.82, 2.24) is 4.47 Å². The monoisotopic (exact) mass is 180 g/mol. The van der Waals surface area contributed by atoms with Crippen molar-refractivity contribution in [3.63, 3.8) is 0 Å². The predicted molar refractivity (Wildman–Crippen MR) is 37.2 cm³/mol. The maximum atomic E-state index is 10.7. The highest BCUT2D eigenvalue weighted by molar-refractivity contribution is 7.89. The third-order valence-corrected chi connectivity index (χ3v) is 2.14. The van der Waals surface area contributed by atoms with Crippen LogP contribution in [0, 0.1) is 0 Å². The van der Waals surface area contributed by atoms with Gasteiger partial charge >= 0.3 is 6.03 Å². The lowest BCUT2D eigenvalue weighted by Crippen LogP contribution is -2.38. The van der Waals surface area contributed by atoms with Crippen molar-refractivity contribution < 1.29 is 18.4 Å². The summed E-state index contributed by atoms with van der Waals surface area (Å²) in [6.45, 7) is 3.12. The highest BCUT2D eigenvalue weighted by atomic mass is 32.2. The molecule has 0 rings (SSSR count). The molecule has 0 saturated heterocycles. The van der Waals surface area contributed by atoms with Gasteiger partial charge in [-0.3, -0.25) is 5.21 Å². The zero-order chi connectivity index (χ0) is 9.07. The van der Waals surface area contributed by atoms with E-state index in [0.717, 1.165) is 6.08 Å². The van der Waals surface area contributed by atoms with E-state index < -0.39 is 26.3 Å². The summed E-state index contributed by atoms with van der Waals surface area (Å²) >= 11 is 0. The molecule has 0 aromatic heterocycles. The number of carbonyl (C=O) groups is 1. The SMILES string of the molecule is C=CCS(=O)(=O)N(O)C(N)=O. The Morgan fingerprint density at radius 2 is 2.18 bits per heavy atom. The lowest BCUT2D eigenvalue weighted by Gasteiger charge is -2.09. The first-order valence-electron chi connectivity index (χ1n) is 2.54. The van der Waals surface area contributed by atoms with Gasteiger partial charge in [-0.15, -0.1) is 6.58 Å². The normalized spacial score (nSPS) is 10.6. The highest BCUT2D eigenvalue weighted by Gasteiger charge is 2.21. The number of urea groups is 1. The molecule has 3 N–H and O–H groups in total. The zero-order valence-electron chi connectivity index (χ0n) is 5.60. The second-order valence-corrected chi connectivity index (χ2v) is 3.49. The Balaban J connectivity index is 4.56. The van der Waals surface area contributed by atoms with Crippen LogP contribution in [0.25, 0.3) is 0 Å². The Hall–Kier alpha value is -1.08. The first-order chi connectivity index (χ1) is 4.91. The molecule has 6 nitrogen and oxygen atoms in total. The van der Waals surface area contributed by atoms with Crippen LogP contribution in [-0.4, -0.2) is 29.9 Å². The van der Waals surface area contributed by atoms with Gasteiger partial charge in [0, 0.05) is 0 Å². The summed E-state index contributed by atoms with van der Waals surface area (Å²) in [7, 11) is -4.01. The fourth-order valence-corrected chi connectivity index (χ4v) is 1.07. The number of hydrogen-bond acceptors (Lipinski definition) is 4. The molecule has 64 valence electrons. The van der Waals surface area contributed by atoms with Gasteiger partial charge in [0.1, 0.15) is 0 Å². The average Bonchev–Trinajstić information content (AvgIpc) is 1.86. The van der Waals surface area contributed by atoms with E-state index in [-0.39, 0.29) is 0 Å². The Morgan fingerprint density at radius 1 is 1.73 bits per heavy atom. The van der Waals surface area contributed by atoms with Gasteiger partial charge in [-0.2, -0.15) is 0 Å². The predicted octanol–water partition coefficient (Wildman–Crippen LogP) is -0.728. The van der Waals surface area contributed by atoms with E-state index in [0.29, 0.717) is 0 Å². The molecule has 0 aliphatic rings. The van der Waals surface area contributed by atoms with Crippen LogP contribution in [0.2, 0.25) is 0 Å². The molecule has 0 atom stereocenters. The molecule has 11 heavy (non-hydrogen) atoms. The van der Waals surface area contributed by atoms with Crippen LogP contribution in [0.5, 0.6) is 0 Å². The number of rotatable bonds is 3. The van der Waals surface area contributed by atoms with Crippen LogP contribution in [0.3, 0.4) is 0 Å². The van der Waals surface area contributed by atoms with Crippen LogP contribution in [0.4, 0.5) is 4.79 Å². The van der Waals surface area contributed by atoms with Crippen molar-refractivity contribution in [3.05, 3.63) is 12.7 Å². The molecule has 0 saturated carbocycles. The molecule has 0 aromatic rings. The van der Waals surface area contributed by atoms with Gasteiger partial charge in [0.15, 0.2) is 0 Å². The van der Waals surface area contributed by atoms with Gasteiger partial charge in [-0.05, 0) is 0 Å². The zero-order valence-corrected chi connectivity index (χ0v) is 6.41. The molecule has 0 aromatic carbocycles. The van der Waals surface area contributed by atoms with Gasteiger partial charge < -0.3 is 5.73 Å². The molecule has 2 amide bonds.